The maximum Gasteiger partial charge on any atom is 0.118 e. The number of hydrogen-bond donors (Lipinski definition) is 2. The first-order chi connectivity index (χ1) is 8.08. The van der Waals surface area contributed by atoms with E-state index in [-0.39, 0.29) is 0 Å². The Kier molecular flexibility index (Phi) is 3.38. The Labute approximate surface area is 106 Å². The molecule has 3 heteroatoms. The van der Waals surface area contributed by atoms with Gasteiger partial charge >= 0.3 is 0 Å². The van der Waals surface area contributed by atoms with Gasteiger partial charge in [-0.15, -0.1) is 11.3 Å². The maximum absolute atomic E-state index is 9.48. The van der Waals surface area contributed by atoms with Crippen LogP contribution in [0.2, 0.25) is 0 Å². The highest BCUT2D eigenvalue weighted by atomic mass is 32.1. The van der Waals surface area contributed by atoms with Crippen LogP contribution in [0.3, 0.4) is 0 Å². The maximum atomic E-state index is 9.48. The van der Waals surface area contributed by atoms with Gasteiger partial charge in [-0.3, -0.25) is 0 Å². The number of anilines is 1. The molecule has 1 aromatic carbocycles. The molecular formula is C14H17NOS. The van der Waals surface area contributed by atoms with E-state index in [1.54, 1.807) is 17.4 Å². The van der Waals surface area contributed by atoms with Gasteiger partial charge in [-0.2, -0.15) is 0 Å². The van der Waals surface area contributed by atoms with E-state index in [1.807, 2.05) is 19.1 Å². The van der Waals surface area contributed by atoms with Gasteiger partial charge in [-0.05, 0) is 61.5 Å². The summed E-state index contributed by atoms with van der Waals surface area (Å²) in [7, 11) is 0. The summed E-state index contributed by atoms with van der Waals surface area (Å²) in [5, 5.41) is 15.0. The van der Waals surface area contributed by atoms with Crippen molar-refractivity contribution in [3.8, 4) is 5.75 Å². The molecule has 90 valence electrons. The zero-order chi connectivity index (χ0) is 12.4. The molecule has 1 heterocycles. The normalized spacial score (nSPS) is 12.4. The summed E-state index contributed by atoms with van der Waals surface area (Å²) in [5.41, 5.74) is 3.26. The summed E-state index contributed by atoms with van der Waals surface area (Å²) in [6, 6.07) is 8.03. The molecule has 0 aliphatic carbocycles. The zero-order valence-corrected chi connectivity index (χ0v) is 11.1. The van der Waals surface area contributed by atoms with Crippen LogP contribution in [-0.4, -0.2) is 5.11 Å². The quantitative estimate of drug-likeness (QED) is 0.795. The van der Waals surface area contributed by atoms with Crippen molar-refractivity contribution in [1.29, 1.82) is 0 Å². The lowest BCUT2D eigenvalue weighted by atomic mass is 10.1. The molecule has 1 unspecified atom stereocenters. The lowest BCUT2D eigenvalue weighted by Crippen LogP contribution is -2.06. The Morgan fingerprint density at radius 2 is 1.94 bits per heavy atom. The molecular weight excluding hydrogens is 230 g/mol. The molecule has 0 aliphatic rings. The van der Waals surface area contributed by atoms with Gasteiger partial charge in [0.2, 0.25) is 0 Å². The second-order valence-corrected chi connectivity index (χ2v) is 5.28. The first kappa shape index (κ1) is 12.0. The standard InChI is InChI=1S/C14H17NOS/c1-9-6-7-17-14(9)11(3)15-12-4-5-13(16)10(2)8-12/h4-8,11,15-16H,1-3H3. The smallest absolute Gasteiger partial charge is 0.118 e. The molecule has 0 bridgehead atoms. The first-order valence-electron chi connectivity index (χ1n) is 5.68. The molecule has 2 aromatic rings. The number of thiophene rings is 1. The molecule has 1 atom stereocenters. The van der Waals surface area contributed by atoms with Crippen LogP contribution in [-0.2, 0) is 0 Å². The Bertz CT molecular complexity index is 519. The van der Waals surface area contributed by atoms with Gasteiger partial charge in [0.25, 0.3) is 0 Å². The van der Waals surface area contributed by atoms with Crippen LogP contribution in [0.15, 0.2) is 29.6 Å². The fraction of sp³-hybridized carbons (Fsp3) is 0.286. The van der Waals surface area contributed by atoms with Crippen molar-refractivity contribution in [1.82, 2.24) is 0 Å². The first-order valence-corrected chi connectivity index (χ1v) is 6.56. The molecule has 0 amide bonds. The summed E-state index contributed by atoms with van der Waals surface area (Å²) in [4.78, 5) is 1.36. The van der Waals surface area contributed by atoms with Crippen molar-refractivity contribution in [2.45, 2.75) is 26.8 Å². The van der Waals surface area contributed by atoms with E-state index in [0.29, 0.717) is 11.8 Å². The highest BCUT2D eigenvalue weighted by Crippen LogP contribution is 2.28. The largest absolute Gasteiger partial charge is 0.508 e. The van der Waals surface area contributed by atoms with Crippen LogP contribution in [0, 0.1) is 13.8 Å². The molecule has 0 spiro atoms. The zero-order valence-electron chi connectivity index (χ0n) is 10.3. The van der Waals surface area contributed by atoms with Crippen molar-refractivity contribution in [2.24, 2.45) is 0 Å². The topological polar surface area (TPSA) is 32.3 Å². The Morgan fingerprint density at radius 1 is 1.18 bits per heavy atom. The molecule has 0 fully saturated rings. The fourth-order valence-electron chi connectivity index (χ4n) is 1.89. The van der Waals surface area contributed by atoms with Crippen molar-refractivity contribution >= 4 is 17.0 Å². The molecule has 0 saturated heterocycles. The number of aryl methyl sites for hydroxylation is 2. The van der Waals surface area contributed by atoms with Crippen molar-refractivity contribution in [2.75, 3.05) is 5.32 Å². The van der Waals surface area contributed by atoms with Crippen LogP contribution in [0.25, 0.3) is 0 Å². The van der Waals surface area contributed by atoms with Gasteiger partial charge < -0.3 is 10.4 Å². The average Bonchev–Trinajstić information content (AvgIpc) is 2.70. The van der Waals surface area contributed by atoms with Crippen molar-refractivity contribution < 1.29 is 5.11 Å². The van der Waals surface area contributed by atoms with E-state index in [0.717, 1.165) is 11.3 Å². The summed E-state index contributed by atoms with van der Waals surface area (Å²) >= 11 is 1.77. The molecule has 2 rings (SSSR count). The van der Waals surface area contributed by atoms with E-state index < -0.39 is 0 Å². The predicted octanol–water partition coefficient (Wildman–Crippen LogP) is 4.24. The molecule has 2 N–H and O–H groups in total. The lowest BCUT2D eigenvalue weighted by Gasteiger charge is -2.15. The molecule has 0 aliphatic heterocycles. The summed E-state index contributed by atoms with van der Waals surface area (Å²) in [6.07, 6.45) is 0. The van der Waals surface area contributed by atoms with Crippen molar-refractivity contribution in [3.63, 3.8) is 0 Å². The number of rotatable bonds is 3. The minimum Gasteiger partial charge on any atom is -0.508 e. The van der Waals surface area contributed by atoms with E-state index in [2.05, 4.69) is 30.6 Å². The number of hydrogen-bond acceptors (Lipinski definition) is 3. The minimum absolute atomic E-state index is 0.291. The molecule has 17 heavy (non-hydrogen) atoms. The van der Waals surface area contributed by atoms with E-state index in [1.165, 1.54) is 10.4 Å². The second-order valence-electron chi connectivity index (χ2n) is 4.34. The van der Waals surface area contributed by atoms with E-state index in [9.17, 15) is 5.11 Å². The van der Waals surface area contributed by atoms with E-state index in [4.69, 9.17) is 0 Å². The third-order valence-electron chi connectivity index (χ3n) is 2.87. The molecule has 0 saturated carbocycles. The van der Waals surface area contributed by atoms with Crippen LogP contribution >= 0.6 is 11.3 Å². The van der Waals surface area contributed by atoms with Crippen LogP contribution in [0.1, 0.15) is 29.0 Å². The molecule has 1 aromatic heterocycles. The van der Waals surface area contributed by atoms with Crippen LogP contribution in [0.5, 0.6) is 5.75 Å². The van der Waals surface area contributed by atoms with Gasteiger partial charge in [-0.1, -0.05) is 0 Å². The summed E-state index contributed by atoms with van der Waals surface area (Å²) in [6.45, 7) is 6.19. The summed E-state index contributed by atoms with van der Waals surface area (Å²) in [5.74, 6) is 0.343. The van der Waals surface area contributed by atoms with Crippen LogP contribution in [0.4, 0.5) is 5.69 Å². The van der Waals surface area contributed by atoms with Gasteiger partial charge in [0.15, 0.2) is 0 Å². The van der Waals surface area contributed by atoms with E-state index >= 15 is 0 Å². The highest BCUT2D eigenvalue weighted by Gasteiger charge is 2.09. The number of aromatic hydroxyl groups is 1. The fourth-order valence-corrected chi connectivity index (χ4v) is 2.82. The molecule has 2 nitrogen and oxygen atoms in total. The predicted molar refractivity (Wildman–Crippen MR) is 73.9 cm³/mol. The van der Waals surface area contributed by atoms with Crippen LogP contribution < -0.4 is 5.32 Å². The third-order valence-corrected chi connectivity index (χ3v) is 4.08. The van der Waals surface area contributed by atoms with Gasteiger partial charge in [0, 0.05) is 10.6 Å². The van der Waals surface area contributed by atoms with Gasteiger partial charge in [-0.25, -0.2) is 0 Å². The minimum atomic E-state index is 0.291. The Balaban J connectivity index is 2.16. The Morgan fingerprint density at radius 3 is 2.53 bits per heavy atom. The lowest BCUT2D eigenvalue weighted by molar-refractivity contribution is 0.471. The highest BCUT2D eigenvalue weighted by molar-refractivity contribution is 7.10. The second kappa shape index (κ2) is 4.80. The number of nitrogens with one attached hydrogen (secondary N) is 1. The number of benzene rings is 1. The Hall–Kier alpha value is -1.48. The van der Waals surface area contributed by atoms with Gasteiger partial charge in [0.05, 0.1) is 6.04 Å². The third kappa shape index (κ3) is 2.61. The van der Waals surface area contributed by atoms with Gasteiger partial charge in [0.1, 0.15) is 5.75 Å². The molecule has 0 radical (unpaired) electrons. The van der Waals surface area contributed by atoms with Crippen molar-refractivity contribution in [3.05, 3.63) is 45.6 Å². The monoisotopic (exact) mass is 247 g/mol. The average molecular weight is 247 g/mol. The number of phenols is 1. The number of phenolic OH excluding ortho intramolecular Hbond substituents is 1. The SMILES string of the molecule is Cc1cc(NC(C)c2sccc2C)ccc1O. The summed E-state index contributed by atoms with van der Waals surface area (Å²) < 4.78 is 0.